The average molecular weight is 386 g/mol. The van der Waals surface area contributed by atoms with E-state index >= 15 is 0 Å². The zero-order valence-corrected chi connectivity index (χ0v) is 16.3. The van der Waals surface area contributed by atoms with E-state index in [-0.39, 0.29) is 41.2 Å². The van der Waals surface area contributed by atoms with Gasteiger partial charge in [-0.3, -0.25) is 9.59 Å². The quantitative estimate of drug-likeness (QED) is 0.788. The molecule has 2 fully saturated rings. The van der Waals surface area contributed by atoms with Gasteiger partial charge in [-0.15, -0.1) is 11.3 Å². The predicted molar refractivity (Wildman–Crippen MR) is 92.8 cm³/mol. The average Bonchev–Trinajstić information content (AvgIpc) is 3.17. The van der Waals surface area contributed by atoms with Gasteiger partial charge in [-0.2, -0.15) is 4.31 Å². The fourth-order valence-corrected chi connectivity index (χ4v) is 7.09. The largest absolute Gasteiger partial charge is 0.469 e. The van der Waals surface area contributed by atoms with Crippen molar-refractivity contribution < 1.29 is 22.7 Å². The summed E-state index contributed by atoms with van der Waals surface area (Å²) < 4.78 is 32.3. The van der Waals surface area contributed by atoms with Crippen LogP contribution >= 0.6 is 11.3 Å². The molecule has 1 N–H and O–H groups in total. The monoisotopic (exact) mass is 386 g/mol. The maximum absolute atomic E-state index is 13.0. The first-order valence-corrected chi connectivity index (χ1v) is 10.3. The Bertz CT molecular complexity index is 829. The second-order valence-electron chi connectivity index (χ2n) is 7.39. The summed E-state index contributed by atoms with van der Waals surface area (Å²) in [5.74, 6) is -0.731. The Hall–Kier alpha value is -1.45. The van der Waals surface area contributed by atoms with Crippen LogP contribution in [0.15, 0.2) is 16.3 Å². The van der Waals surface area contributed by atoms with E-state index in [0.29, 0.717) is 11.3 Å². The summed E-state index contributed by atoms with van der Waals surface area (Å²) >= 11 is 1.09. The second-order valence-corrected chi connectivity index (χ2v) is 10.2. The zero-order valence-electron chi connectivity index (χ0n) is 14.7. The van der Waals surface area contributed by atoms with E-state index in [1.807, 2.05) is 13.8 Å². The summed E-state index contributed by atoms with van der Waals surface area (Å²) in [5.41, 5.74) is -0.870. The van der Waals surface area contributed by atoms with Gasteiger partial charge in [-0.1, -0.05) is 13.8 Å². The highest BCUT2D eigenvalue weighted by atomic mass is 32.2. The molecular weight excluding hydrogens is 364 g/mol. The van der Waals surface area contributed by atoms with Gasteiger partial charge in [-0.25, -0.2) is 8.42 Å². The summed E-state index contributed by atoms with van der Waals surface area (Å²) in [5, 5.41) is 3.95. The van der Waals surface area contributed by atoms with Crippen LogP contribution in [0.1, 0.15) is 29.9 Å². The summed E-state index contributed by atoms with van der Waals surface area (Å²) in [6, 6.07) is 1.38. The molecule has 1 aliphatic heterocycles. The first kappa shape index (κ1) is 18.3. The molecule has 0 spiro atoms. The molecule has 1 saturated heterocycles. The Morgan fingerprint density at radius 2 is 2.08 bits per heavy atom. The van der Waals surface area contributed by atoms with Gasteiger partial charge in [0.1, 0.15) is 0 Å². The Morgan fingerprint density at radius 3 is 2.64 bits per heavy atom. The minimum Gasteiger partial charge on any atom is -0.469 e. The number of carbonyl (C=O) groups is 2. The van der Waals surface area contributed by atoms with Crippen LogP contribution in [0.2, 0.25) is 0 Å². The lowest BCUT2D eigenvalue weighted by Gasteiger charge is -2.54. The van der Waals surface area contributed by atoms with Crippen LogP contribution < -0.4 is 5.32 Å². The summed E-state index contributed by atoms with van der Waals surface area (Å²) in [4.78, 5) is 24.4. The molecule has 0 aromatic carbocycles. The third kappa shape index (κ3) is 2.60. The first-order valence-electron chi connectivity index (χ1n) is 7.98. The van der Waals surface area contributed by atoms with Crippen LogP contribution in [0.4, 0.5) is 0 Å². The van der Waals surface area contributed by atoms with Crippen molar-refractivity contribution in [2.24, 2.45) is 16.7 Å². The van der Waals surface area contributed by atoms with Crippen molar-refractivity contribution in [2.75, 3.05) is 27.2 Å². The molecule has 2 aliphatic rings. The molecule has 1 saturated carbocycles. The third-order valence-electron chi connectivity index (χ3n) is 5.48. The number of carbonyl (C=O) groups excluding carboxylic acids is 2. The number of ether oxygens (including phenoxy) is 1. The number of thiophene rings is 1. The van der Waals surface area contributed by atoms with Gasteiger partial charge in [0.05, 0.1) is 22.3 Å². The number of hydrogen-bond donors (Lipinski definition) is 1. The van der Waals surface area contributed by atoms with E-state index in [1.165, 1.54) is 29.9 Å². The Balaban J connectivity index is 1.91. The molecule has 25 heavy (non-hydrogen) atoms. The highest BCUT2D eigenvalue weighted by Crippen LogP contribution is 2.63. The van der Waals surface area contributed by atoms with Gasteiger partial charge in [0.25, 0.3) is 5.91 Å². The van der Waals surface area contributed by atoms with E-state index < -0.39 is 15.4 Å². The summed E-state index contributed by atoms with van der Waals surface area (Å²) in [7, 11) is -0.924. The van der Waals surface area contributed by atoms with Gasteiger partial charge >= 0.3 is 5.97 Å². The maximum atomic E-state index is 13.0. The fourth-order valence-electron chi connectivity index (χ4n) is 4.36. The number of esters is 1. The lowest BCUT2D eigenvalue weighted by molar-refractivity contribution is -0.174. The van der Waals surface area contributed by atoms with Crippen LogP contribution in [0.5, 0.6) is 0 Å². The molecule has 1 amide bonds. The molecule has 0 bridgehead atoms. The molecule has 2 heterocycles. The van der Waals surface area contributed by atoms with Crippen LogP contribution in [0.25, 0.3) is 0 Å². The number of amides is 1. The minimum absolute atomic E-state index is 0.0701. The van der Waals surface area contributed by atoms with E-state index in [2.05, 4.69) is 5.32 Å². The predicted octanol–water partition coefficient (Wildman–Crippen LogP) is 1.32. The number of fused-ring (bicyclic) bond motifs is 1. The van der Waals surface area contributed by atoms with Crippen LogP contribution in [0.3, 0.4) is 0 Å². The zero-order chi connectivity index (χ0) is 18.6. The smallest absolute Gasteiger partial charge is 0.313 e. The molecule has 138 valence electrons. The van der Waals surface area contributed by atoms with Gasteiger partial charge in [-0.05, 0) is 23.8 Å². The Labute approximate surface area is 151 Å². The standard InChI is InChI=1S/C16H22N2O5S2/c1-15(2)8-16(14(20)23-4)9-18(6-12(15)16)25(21,22)10-5-11(24-7-10)13(19)17-3/h5,7,12H,6,8-9H2,1-4H3,(H,17,19)/t12-,16+/m1/s1. The molecule has 1 aromatic heterocycles. The third-order valence-corrected chi connectivity index (χ3v) is 8.35. The number of sulfonamides is 1. The normalized spacial score (nSPS) is 28.1. The van der Waals surface area contributed by atoms with Gasteiger partial charge in [0, 0.05) is 25.5 Å². The van der Waals surface area contributed by atoms with Crippen molar-refractivity contribution in [3.8, 4) is 0 Å². The van der Waals surface area contributed by atoms with Gasteiger partial charge in [0.2, 0.25) is 10.0 Å². The van der Waals surface area contributed by atoms with Gasteiger partial charge < -0.3 is 10.1 Å². The minimum atomic E-state index is -3.76. The van der Waals surface area contributed by atoms with Crippen molar-refractivity contribution in [1.29, 1.82) is 0 Å². The molecule has 9 heteroatoms. The SMILES string of the molecule is CNC(=O)c1cc(S(=O)(=O)N2C[C@@H]3C(C)(C)C[C@]3(C(=O)OC)C2)cs1. The summed E-state index contributed by atoms with van der Waals surface area (Å²) in [6.45, 7) is 4.50. The lowest BCUT2D eigenvalue weighted by atomic mass is 9.48. The molecule has 7 nitrogen and oxygen atoms in total. The van der Waals surface area contributed by atoms with Crippen molar-refractivity contribution in [3.05, 3.63) is 16.3 Å². The van der Waals surface area contributed by atoms with Crippen LogP contribution in [-0.4, -0.2) is 51.8 Å². The first-order chi connectivity index (χ1) is 11.6. The molecule has 1 aliphatic carbocycles. The highest BCUT2D eigenvalue weighted by Gasteiger charge is 2.68. The van der Waals surface area contributed by atoms with Crippen LogP contribution in [0, 0.1) is 16.7 Å². The number of hydrogen-bond acceptors (Lipinski definition) is 6. The van der Waals surface area contributed by atoms with Crippen LogP contribution in [-0.2, 0) is 19.6 Å². The molecule has 1 aromatic rings. The number of methoxy groups -OCH3 is 1. The number of nitrogens with one attached hydrogen (secondary N) is 1. The topological polar surface area (TPSA) is 92.8 Å². The van der Waals surface area contributed by atoms with E-state index in [9.17, 15) is 18.0 Å². The van der Waals surface area contributed by atoms with Crippen molar-refractivity contribution in [3.63, 3.8) is 0 Å². The number of nitrogens with zero attached hydrogens (tertiary/aromatic N) is 1. The molecule has 0 unspecified atom stereocenters. The molecule has 3 rings (SSSR count). The van der Waals surface area contributed by atoms with Gasteiger partial charge in [0.15, 0.2) is 0 Å². The molecule has 0 radical (unpaired) electrons. The number of rotatable bonds is 4. The Morgan fingerprint density at radius 1 is 1.40 bits per heavy atom. The van der Waals surface area contributed by atoms with E-state index in [0.717, 1.165) is 11.3 Å². The fraction of sp³-hybridized carbons (Fsp3) is 0.625. The molecule has 2 atom stereocenters. The Kier molecular flexibility index (Phi) is 4.24. The lowest BCUT2D eigenvalue weighted by Crippen LogP contribution is -2.57. The highest BCUT2D eigenvalue weighted by molar-refractivity contribution is 7.89. The van der Waals surface area contributed by atoms with Crippen molar-refractivity contribution in [1.82, 2.24) is 9.62 Å². The van der Waals surface area contributed by atoms with E-state index in [4.69, 9.17) is 4.74 Å². The second kappa shape index (κ2) is 5.78. The molecular formula is C16H22N2O5S2. The van der Waals surface area contributed by atoms with Crippen molar-refractivity contribution >= 4 is 33.2 Å². The summed E-state index contributed by atoms with van der Waals surface area (Å²) in [6.07, 6.45) is 0.608. The van der Waals surface area contributed by atoms with E-state index in [1.54, 1.807) is 0 Å². The van der Waals surface area contributed by atoms with Crippen molar-refractivity contribution in [2.45, 2.75) is 25.2 Å². The maximum Gasteiger partial charge on any atom is 0.313 e.